The predicted molar refractivity (Wildman–Crippen MR) is 51.7 cm³/mol. The van der Waals surface area contributed by atoms with Crippen LogP contribution in [0.2, 0.25) is 0 Å². The second-order valence-electron chi connectivity index (χ2n) is 2.90. The van der Waals surface area contributed by atoms with Gasteiger partial charge in [0.05, 0.1) is 5.25 Å². The first-order valence-corrected chi connectivity index (χ1v) is 4.97. The van der Waals surface area contributed by atoms with Gasteiger partial charge in [0.15, 0.2) is 0 Å². The van der Waals surface area contributed by atoms with Gasteiger partial charge < -0.3 is 0 Å². The maximum atomic E-state index is 6.07. The molecule has 11 heavy (non-hydrogen) atoms. The number of hydrogen-bond donors (Lipinski definition) is 0. The summed E-state index contributed by atoms with van der Waals surface area (Å²) < 4.78 is 0. The second-order valence-corrected chi connectivity index (χ2v) is 4.39. The molecule has 2 heteroatoms. The Labute approximate surface area is 76.0 Å². The third kappa shape index (κ3) is 1.27. The molecule has 0 fully saturated rings. The Kier molecular flexibility index (Phi) is 1.86. The third-order valence-corrected chi connectivity index (χ3v) is 3.62. The van der Waals surface area contributed by atoms with Gasteiger partial charge in [0.25, 0.3) is 0 Å². The topological polar surface area (TPSA) is 0 Å². The van der Waals surface area contributed by atoms with Gasteiger partial charge in [0.2, 0.25) is 0 Å². The molecule has 2 rings (SSSR count). The fourth-order valence-corrected chi connectivity index (χ4v) is 2.92. The van der Waals surface area contributed by atoms with Crippen LogP contribution in [0.3, 0.4) is 0 Å². The van der Waals surface area contributed by atoms with Crippen molar-refractivity contribution >= 4 is 23.4 Å². The largest absolute Gasteiger partial charge is 0.124 e. The zero-order valence-corrected chi connectivity index (χ0v) is 7.82. The van der Waals surface area contributed by atoms with Gasteiger partial charge in [-0.1, -0.05) is 29.3 Å². The molecular formula is C9H9ClS. The molecule has 0 N–H and O–H groups in total. The standard InChI is InChI=1S/C9H9ClS/c1-6-4-7-2-3-11-9(7)8(10)5-6/h2-5,7,9H,1H3. The molecule has 2 atom stereocenters. The summed E-state index contributed by atoms with van der Waals surface area (Å²) in [7, 11) is 0. The van der Waals surface area contributed by atoms with E-state index >= 15 is 0 Å². The van der Waals surface area contributed by atoms with E-state index < -0.39 is 0 Å². The molecule has 0 bridgehead atoms. The highest BCUT2D eigenvalue weighted by atomic mass is 35.5. The Morgan fingerprint density at radius 1 is 1.55 bits per heavy atom. The number of thioether (sulfide) groups is 1. The van der Waals surface area contributed by atoms with Crippen molar-refractivity contribution in [2.75, 3.05) is 0 Å². The Morgan fingerprint density at radius 3 is 3.18 bits per heavy atom. The molecule has 0 radical (unpaired) electrons. The summed E-state index contributed by atoms with van der Waals surface area (Å²) in [5, 5.41) is 3.60. The van der Waals surface area contributed by atoms with Gasteiger partial charge in [0, 0.05) is 11.0 Å². The van der Waals surface area contributed by atoms with E-state index in [2.05, 4.69) is 30.6 Å². The maximum absolute atomic E-state index is 6.07. The fourth-order valence-electron chi connectivity index (χ4n) is 1.46. The minimum absolute atomic E-state index is 0.473. The van der Waals surface area contributed by atoms with E-state index in [4.69, 9.17) is 11.6 Å². The van der Waals surface area contributed by atoms with E-state index in [-0.39, 0.29) is 0 Å². The highest BCUT2D eigenvalue weighted by Crippen LogP contribution is 2.40. The third-order valence-electron chi connectivity index (χ3n) is 1.97. The fraction of sp³-hybridized carbons (Fsp3) is 0.333. The lowest BCUT2D eigenvalue weighted by Crippen LogP contribution is -2.13. The molecule has 0 amide bonds. The SMILES string of the molecule is CC1=CC2C=CSC2C(Cl)=C1. The summed E-state index contributed by atoms with van der Waals surface area (Å²) in [4.78, 5) is 0. The molecule has 1 aliphatic heterocycles. The van der Waals surface area contributed by atoms with Crippen LogP contribution in [-0.4, -0.2) is 5.25 Å². The van der Waals surface area contributed by atoms with Crippen molar-refractivity contribution in [3.05, 3.63) is 34.2 Å². The van der Waals surface area contributed by atoms with Crippen molar-refractivity contribution < 1.29 is 0 Å². The van der Waals surface area contributed by atoms with Crippen LogP contribution in [0.1, 0.15) is 6.92 Å². The molecule has 2 unspecified atom stereocenters. The molecule has 58 valence electrons. The molecule has 0 aromatic rings. The van der Waals surface area contributed by atoms with E-state index in [0.717, 1.165) is 5.03 Å². The second kappa shape index (κ2) is 2.72. The zero-order valence-electron chi connectivity index (χ0n) is 6.25. The van der Waals surface area contributed by atoms with Crippen LogP contribution in [0.15, 0.2) is 34.2 Å². The van der Waals surface area contributed by atoms with E-state index in [0.29, 0.717) is 11.2 Å². The van der Waals surface area contributed by atoms with Gasteiger partial charge >= 0.3 is 0 Å². The smallest absolute Gasteiger partial charge is 0.0543 e. The molecule has 1 heterocycles. The average molecular weight is 185 g/mol. The summed E-state index contributed by atoms with van der Waals surface area (Å²) in [6, 6.07) is 0. The highest BCUT2D eigenvalue weighted by Gasteiger charge is 2.26. The van der Waals surface area contributed by atoms with E-state index in [1.54, 1.807) is 0 Å². The molecule has 2 aliphatic rings. The minimum atomic E-state index is 0.473. The van der Waals surface area contributed by atoms with E-state index in [1.807, 2.05) is 11.8 Å². The average Bonchev–Trinajstić information content (AvgIpc) is 2.34. The number of rotatable bonds is 0. The summed E-state index contributed by atoms with van der Waals surface area (Å²) in [5.74, 6) is 0.539. The Hall–Kier alpha value is -0.140. The normalized spacial score (nSPS) is 34.7. The minimum Gasteiger partial charge on any atom is -0.124 e. The number of halogens is 1. The molecule has 0 saturated carbocycles. The number of allylic oxidation sites excluding steroid dienone is 4. The molecule has 0 saturated heterocycles. The van der Waals surface area contributed by atoms with Crippen molar-refractivity contribution in [1.82, 2.24) is 0 Å². The monoisotopic (exact) mass is 184 g/mol. The quantitative estimate of drug-likeness (QED) is 0.557. The summed E-state index contributed by atoms with van der Waals surface area (Å²) >= 11 is 7.88. The van der Waals surface area contributed by atoms with Gasteiger partial charge in [-0.05, 0) is 18.4 Å². The predicted octanol–water partition coefficient (Wildman–Crippen LogP) is 3.31. The van der Waals surface area contributed by atoms with Crippen molar-refractivity contribution in [2.45, 2.75) is 12.2 Å². The van der Waals surface area contributed by atoms with Gasteiger partial charge in [-0.2, -0.15) is 0 Å². The Bertz CT molecular complexity index is 263. The van der Waals surface area contributed by atoms with Crippen LogP contribution in [0.4, 0.5) is 0 Å². The van der Waals surface area contributed by atoms with Crippen LogP contribution < -0.4 is 0 Å². The van der Waals surface area contributed by atoms with Crippen molar-refractivity contribution in [1.29, 1.82) is 0 Å². The molecule has 1 aliphatic carbocycles. The summed E-state index contributed by atoms with van der Waals surface area (Å²) in [6.07, 6.45) is 6.55. The Balaban J connectivity index is 2.33. The summed E-state index contributed by atoms with van der Waals surface area (Å²) in [6.45, 7) is 2.09. The lowest BCUT2D eigenvalue weighted by molar-refractivity contribution is 0.834. The number of hydrogen-bond acceptors (Lipinski definition) is 1. The Morgan fingerprint density at radius 2 is 2.36 bits per heavy atom. The molecule has 0 aromatic heterocycles. The van der Waals surface area contributed by atoms with E-state index in [9.17, 15) is 0 Å². The van der Waals surface area contributed by atoms with Crippen molar-refractivity contribution in [2.24, 2.45) is 5.92 Å². The van der Waals surface area contributed by atoms with Crippen LogP contribution in [-0.2, 0) is 0 Å². The van der Waals surface area contributed by atoms with Gasteiger partial charge in [-0.25, -0.2) is 0 Å². The first-order chi connectivity index (χ1) is 5.27. The highest BCUT2D eigenvalue weighted by molar-refractivity contribution is 8.03. The zero-order chi connectivity index (χ0) is 7.84. The first-order valence-electron chi connectivity index (χ1n) is 3.65. The van der Waals surface area contributed by atoms with Crippen LogP contribution in [0.25, 0.3) is 0 Å². The number of fused-ring (bicyclic) bond motifs is 1. The molecule has 0 nitrogen and oxygen atoms in total. The van der Waals surface area contributed by atoms with Crippen LogP contribution >= 0.6 is 23.4 Å². The molecule has 0 spiro atoms. The van der Waals surface area contributed by atoms with Crippen LogP contribution in [0.5, 0.6) is 0 Å². The van der Waals surface area contributed by atoms with Crippen LogP contribution in [0, 0.1) is 5.92 Å². The van der Waals surface area contributed by atoms with Crippen molar-refractivity contribution in [3.63, 3.8) is 0 Å². The van der Waals surface area contributed by atoms with Gasteiger partial charge in [-0.15, -0.1) is 11.8 Å². The van der Waals surface area contributed by atoms with Gasteiger partial charge in [0.1, 0.15) is 0 Å². The maximum Gasteiger partial charge on any atom is 0.0543 e. The summed E-state index contributed by atoms with van der Waals surface area (Å²) in [5.41, 5.74) is 1.28. The van der Waals surface area contributed by atoms with Gasteiger partial charge in [-0.3, -0.25) is 0 Å². The molecule has 0 aromatic carbocycles. The lowest BCUT2D eigenvalue weighted by atomic mass is 9.97. The van der Waals surface area contributed by atoms with E-state index in [1.165, 1.54) is 5.57 Å². The first kappa shape index (κ1) is 7.51. The lowest BCUT2D eigenvalue weighted by Gasteiger charge is -2.19. The molecular weight excluding hydrogens is 176 g/mol. The van der Waals surface area contributed by atoms with Crippen molar-refractivity contribution in [3.8, 4) is 0 Å².